The molecule has 0 spiro atoms. The van der Waals surface area contributed by atoms with E-state index < -0.39 is 23.3 Å². The van der Waals surface area contributed by atoms with Crippen LogP contribution in [0.25, 0.3) is 11.1 Å². The highest BCUT2D eigenvalue weighted by molar-refractivity contribution is 5.66. The van der Waals surface area contributed by atoms with Gasteiger partial charge in [0.2, 0.25) is 0 Å². The van der Waals surface area contributed by atoms with Crippen LogP contribution in [0.15, 0.2) is 24.3 Å². The molecule has 2 aromatic rings. The third-order valence-electron chi connectivity index (χ3n) is 6.64. The normalized spacial score (nSPS) is 18.8. The van der Waals surface area contributed by atoms with Crippen LogP contribution in [0, 0.1) is 29.2 Å². The Morgan fingerprint density at radius 1 is 0.719 bits per heavy atom. The van der Waals surface area contributed by atoms with Crippen LogP contribution < -0.4 is 0 Å². The highest BCUT2D eigenvalue weighted by Gasteiger charge is 2.27. The molecule has 0 unspecified atom stereocenters. The molecule has 0 atom stereocenters. The van der Waals surface area contributed by atoms with Crippen LogP contribution in [0.1, 0.15) is 62.0 Å². The second-order valence-electron chi connectivity index (χ2n) is 8.68. The predicted octanol–water partition coefficient (Wildman–Crippen LogP) is 7.19. The van der Waals surface area contributed by atoms with Gasteiger partial charge in [-0.05, 0) is 61.5 Å². The van der Waals surface area contributed by atoms with E-state index in [1.807, 2.05) is 0 Å². The summed E-state index contributed by atoms with van der Waals surface area (Å²) in [7, 11) is 3.17. The molecule has 1 fully saturated rings. The Morgan fingerprint density at radius 3 is 2.00 bits per heavy atom. The molecule has 2 nitrogen and oxygen atoms in total. The molecule has 0 saturated heterocycles. The molecular formula is C26H32F4O2. The van der Waals surface area contributed by atoms with E-state index in [0.717, 1.165) is 51.6 Å². The molecular weight excluding hydrogens is 420 g/mol. The fourth-order valence-electron chi connectivity index (χ4n) is 4.73. The summed E-state index contributed by atoms with van der Waals surface area (Å²) in [5.74, 6) is -3.72. The van der Waals surface area contributed by atoms with E-state index in [1.165, 1.54) is 31.4 Å². The maximum atomic E-state index is 15.0. The van der Waals surface area contributed by atoms with Gasteiger partial charge < -0.3 is 9.47 Å². The highest BCUT2D eigenvalue weighted by Crippen LogP contribution is 2.40. The van der Waals surface area contributed by atoms with Gasteiger partial charge >= 0.3 is 0 Å². The number of rotatable bonds is 10. The van der Waals surface area contributed by atoms with E-state index in [-0.39, 0.29) is 35.6 Å². The number of benzene rings is 2. The zero-order valence-electron chi connectivity index (χ0n) is 18.9. The van der Waals surface area contributed by atoms with Crippen molar-refractivity contribution in [1.29, 1.82) is 0 Å². The van der Waals surface area contributed by atoms with Crippen molar-refractivity contribution in [2.45, 2.75) is 57.3 Å². The molecule has 176 valence electrons. The summed E-state index contributed by atoms with van der Waals surface area (Å²) in [6.45, 7) is 1.01. The van der Waals surface area contributed by atoms with Gasteiger partial charge in [0, 0.05) is 32.0 Å². The first-order valence-corrected chi connectivity index (χ1v) is 11.4. The van der Waals surface area contributed by atoms with Crippen LogP contribution in [0.5, 0.6) is 0 Å². The number of hydrogen-bond donors (Lipinski definition) is 0. The third kappa shape index (κ3) is 5.70. The van der Waals surface area contributed by atoms with Crippen LogP contribution in [0.2, 0.25) is 0 Å². The molecule has 32 heavy (non-hydrogen) atoms. The van der Waals surface area contributed by atoms with Gasteiger partial charge in [0.15, 0.2) is 23.3 Å². The molecule has 1 saturated carbocycles. The van der Waals surface area contributed by atoms with Crippen molar-refractivity contribution in [1.82, 2.24) is 0 Å². The molecule has 0 N–H and O–H groups in total. The lowest BCUT2D eigenvalue weighted by atomic mass is 9.76. The lowest BCUT2D eigenvalue weighted by Gasteiger charge is -2.29. The minimum atomic E-state index is -1.17. The van der Waals surface area contributed by atoms with E-state index in [2.05, 4.69) is 0 Å². The van der Waals surface area contributed by atoms with Gasteiger partial charge in [0.05, 0.1) is 6.61 Å². The monoisotopic (exact) mass is 452 g/mol. The quantitative estimate of drug-likeness (QED) is 0.281. The molecule has 3 rings (SSSR count). The van der Waals surface area contributed by atoms with E-state index in [0.29, 0.717) is 11.5 Å². The highest BCUT2D eigenvalue weighted by atomic mass is 19.2. The van der Waals surface area contributed by atoms with Gasteiger partial charge in [-0.2, -0.15) is 0 Å². The first-order valence-electron chi connectivity index (χ1n) is 11.4. The van der Waals surface area contributed by atoms with Crippen molar-refractivity contribution in [2.75, 3.05) is 27.4 Å². The van der Waals surface area contributed by atoms with Crippen molar-refractivity contribution >= 4 is 0 Å². The Morgan fingerprint density at radius 2 is 1.34 bits per heavy atom. The molecule has 1 aliphatic carbocycles. The van der Waals surface area contributed by atoms with E-state index >= 15 is 0 Å². The van der Waals surface area contributed by atoms with Crippen LogP contribution in [-0.2, 0) is 15.9 Å². The number of unbranched alkanes of at least 4 members (excludes halogenated alkanes) is 1. The Labute approximate surface area is 187 Å². The summed E-state index contributed by atoms with van der Waals surface area (Å²) in [5.41, 5.74) is -0.0505. The summed E-state index contributed by atoms with van der Waals surface area (Å²) in [4.78, 5) is 0. The molecule has 0 amide bonds. The fraction of sp³-hybridized carbons (Fsp3) is 0.538. The van der Waals surface area contributed by atoms with Crippen molar-refractivity contribution in [3.63, 3.8) is 0 Å². The SMILES string of the molecule is COCCCCC1CCC(c2ccc(-c3ccc(CCOC)c(F)c3F)c(F)c2F)CC1. The van der Waals surface area contributed by atoms with Crippen LogP contribution in [0.3, 0.4) is 0 Å². The number of methoxy groups -OCH3 is 2. The molecule has 0 bridgehead atoms. The van der Waals surface area contributed by atoms with Crippen molar-refractivity contribution in [3.8, 4) is 11.1 Å². The third-order valence-corrected chi connectivity index (χ3v) is 6.64. The zero-order chi connectivity index (χ0) is 23.1. The Kier molecular flexibility index (Phi) is 9.11. The average molecular weight is 453 g/mol. The second-order valence-corrected chi connectivity index (χ2v) is 8.68. The first kappa shape index (κ1) is 24.7. The fourth-order valence-corrected chi connectivity index (χ4v) is 4.73. The van der Waals surface area contributed by atoms with Gasteiger partial charge in [-0.1, -0.05) is 37.1 Å². The summed E-state index contributed by atoms with van der Waals surface area (Å²) >= 11 is 0. The van der Waals surface area contributed by atoms with Gasteiger partial charge in [-0.3, -0.25) is 0 Å². The lowest BCUT2D eigenvalue weighted by Crippen LogP contribution is -2.15. The van der Waals surface area contributed by atoms with Gasteiger partial charge in [-0.15, -0.1) is 0 Å². The van der Waals surface area contributed by atoms with Gasteiger partial charge in [-0.25, -0.2) is 17.6 Å². The van der Waals surface area contributed by atoms with Crippen LogP contribution in [0.4, 0.5) is 17.6 Å². The first-order chi connectivity index (χ1) is 15.5. The van der Waals surface area contributed by atoms with E-state index in [1.54, 1.807) is 7.11 Å². The van der Waals surface area contributed by atoms with Crippen LogP contribution >= 0.6 is 0 Å². The van der Waals surface area contributed by atoms with Crippen molar-refractivity contribution in [2.24, 2.45) is 5.92 Å². The minimum Gasteiger partial charge on any atom is -0.385 e. The zero-order valence-corrected chi connectivity index (χ0v) is 18.9. The standard InChI is InChI=1S/C26H32F4O2/c1-31-15-4-3-5-17-6-8-18(9-7-17)20-12-13-22(26(30)24(20)28)21-11-10-19(14-16-32-2)23(27)25(21)29/h10-13,17-18H,3-9,14-16H2,1-2H3. The molecule has 2 aromatic carbocycles. The molecule has 0 heterocycles. The molecule has 0 aromatic heterocycles. The average Bonchev–Trinajstić information content (AvgIpc) is 2.80. The largest absolute Gasteiger partial charge is 0.385 e. The Bertz CT molecular complexity index is 892. The Hall–Kier alpha value is -1.92. The maximum absolute atomic E-state index is 15.0. The minimum absolute atomic E-state index is 0.0493. The number of halogens is 4. The summed E-state index contributed by atoms with van der Waals surface area (Å²) in [6, 6.07) is 5.60. The van der Waals surface area contributed by atoms with E-state index in [9.17, 15) is 17.6 Å². The van der Waals surface area contributed by atoms with Gasteiger partial charge in [0.1, 0.15) is 0 Å². The smallest absolute Gasteiger partial charge is 0.167 e. The summed E-state index contributed by atoms with van der Waals surface area (Å²) < 4.78 is 68.9. The van der Waals surface area contributed by atoms with E-state index in [4.69, 9.17) is 9.47 Å². The van der Waals surface area contributed by atoms with Crippen LogP contribution in [-0.4, -0.2) is 27.4 Å². The molecule has 0 aliphatic heterocycles. The summed E-state index contributed by atoms with van der Waals surface area (Å²) in [6.07, 6.45) is 7.09. The molecule has 6 heteroatoms. The topological polar surface area (TPSA) is 18.5 Å². The lowest BCUT2D eigenvalue weighted by molar-refractivity contribution is 0.187. The number of hydrogen-bond acceptors (Lipinski definition) is 2. The van der Waals surface area contributed by atoms with Gasteiger partial charge in [0.25, 0.3) is 0 Å². The molecule has 1 aliphatic rings. The predicted molar refractivity (Wildman–Crippen MR) is 118 cm³/mol. The molecule has 0 radical (unpaired) electrons. The second kappa shape index (κ2) is 11.8. The Balaban J connectivity index is 1.72. The summed E-state index contributed by atoms with van der Waals surface area (Å²) in [5, 5.41) is 0. The van der Waals surface area contributed by atoms with Crippen molar-refractivity contribution in [3.05, 3.63) is 58.7 Å². The number of ether oxygens (including phenoxy) is 2. The maximum Gasteiger partial charge on any atom is 0.167 e. The van der Waals surface area contributed by atoms with Crippen molar-refractivity contribution < 1.29 is 27.0 Å².